The second-order valence-electron chi connectivity index (χ2n) is 5.60. The van der Waals surface area contributed by atoms with Crippen LogP contribution in [0, 0.1) is 6.92 Å². The normalized spacial score (nSPS) is 12.2. The molecule has 0 spiro atoms. The van der Waals surface area contributed by atoms with Gasteiger partial charge >= 0.3 is 0 Å². The van der Waals surface area contributed by atoms with Crippen molar-refractivity contribution in [2.24, 2.45) is 0 Å². The van der Waals surface area contributed by atoms with Crippen molar-refractivity contribution in [3.8, 4) is 0 Å². The third-order valence-electron chi connectivity index (χ3n) is 3.64. The second-order valence-corrected chi connectivity index (χ2v) is 6.89. The zero-order chi connectivity index (χ0) is 18.0. The fourth-order valence-electron chi connectivity index (χ4n) is 2.24. The van der Waals surface area contributed by atoms with Gasteiger partial charge < -0.3 is 0 Å². The molecule has 2 aromatic heterocycles. The molecule has 0 aliphatic heterocycles. The summed E-state index contributed by atoms with van der Waals surface area (Å²) < 4.78 is 4.09. The zero-order valence-electron chi connectivity index (χ0n) is 13.6. The maximum absolute atomic E-state index is 12.4. The van der Waals surface area contributed by atoms with Crippen LogP contribution in [0.25, 0.3) is 0 Å². The predicted octanol–water partition coefficient (Wildman–Crippen LogP) is 3.45. The van der Waals surface area contributed by atoms with E-state index in [-0.39, 0.29) is 11.9 Å². The SMILES string of the molecule is Cc1nn(C(C)C(=O)Nc2ncn(Cc3cccc(Cl)c3)n2)cc1Br. The van der Waals surface area contributed by atoms with E-state index in [1.54, 1.807) is 28.8 Å². The highest BCUT2D eigenvalue weighted by Crippen LogP contribution is 2.17. The fourth-order valence-corrected chi connectivity index (χ4v) is 2.74. The summed E-state index contributed by atoms with van der Waals surface area (Å²) >= 11 is 9.36. The van der Waals surface area contributed by atoms with E-state index >= 15 is 0 Å². The Morgan fingerprint density at radius 1 is 1.40 bits per heavy atom. The molecule has 0 fully saturated rings. The summed E-state index contributed by atoms with van der Waals surface area (Å²) in [7, 11) is 0. The maximum atomic E-state index is 12.4. The quantitative estimate of drug-likeness (QED) is 0.682. The highest BCUT2D eigenvalue weighted by Gasteiger charge is 2.18. The minimum atomic E-state index is -0.482. The largest absolute Gasteiger partial charge is 0.291 e. The number of nitrogens with zero attached hydrogens (tertiary/aromatic N) is 5. The topological polar surface area (TPSA) is 77.6 Å². The Labute approximate surface area is 158 Å². The molecular formula is C16H16BrClN6O. The lowest BCUT2D eigenvalue weighted by Crippen LogP contribution is -2.24. The molecule has 1 N–H and O–H groups in total. The third-order valence-corrected chi connectivity index (χ3v) is 4.65. The molecule has 1 atom stereocenters. The average molecular weight is 424 g/mol. The Morgan fingerprint density at radius 2 is 2.20 bits per heavy atom. The van der Waals surface area contributed by atoms with Crippen LogP contribution in [0.15, 0.2) is 41.3 Å². The third kappa shape index (κ3) is 4.26. The number of halogens is 2. The Bertz CT molecular complexity index is 886. The number of carbonyl (C=O) groups excluding carboxylic acids is 1. The molecule has 0 saturated heterocycles. The molecule has 3 rings (SSSR count). The van der Waals surface area contributed by atoms with Crippen molar-refractivity contribution in [3.05, 3.63) is 57.5 Å². The van der Waals surface area contributed by atoms with Crippen molar-refractivity contribution in [1.82, 2.24) is 24.5 Å². The highest BCUT2D eigenvalue weighted by atomic mass is 79.9. The summed E-state index contributed by atoms with van der Waals surface area (Å²) in [6, 6.07) is 7.02. The van der Waals surface area contributed by atoms with Crippen LogP contribution in [-0.2, 0) is 11.3 Å². The van der Waals surface area contributed by atoms with Crippen LogP contribution in [0.3, 0.4) is 0 Å². The molecule has 25 heavy (non-hydrogen) atoms. The van der Waals surface area contributed by atoms with Crippen LogP contribution in [0.1, 0.15) is 24.2 Å². The van der Waals surface area contributed by atoms with Gasteiger partial charge in [0.25, 0.3) is 5.91 Å². The van der Waals surface area contributed by atoms with Gasteiger partial charge in [-0.15, -0.1) is 5.10 Å². The molecule has 130 valence electrons. The summed E-state index contributed by atoms with van der Waals surface area (Å²) in [5, 5.41) is 11.9. The zero-order valence-corrected chi connectivity index (χ0v) is 16.0. The first kappa shape index (κ1) is 17.6. The van der Waals surface area contributed by atoms with E-state index < -0.39 is 6.04 Å². The van der Waals surface area contributed by atoms with Gasteiger partial charge in [-0.3, -0.25) is 14.8 Å². The number of carbonyl (C=O) groups is 1. The Morgan fingerprint density at radius 3 is 2.88 bits per heavy atom. The number of benzene rings is 1. The Balaban J connectivity index is 1.65. The summed E-state index contributed by atoms with van der Waals surface area (Å²) in [4.78, 5) is 16.5. The van der Waals surface area contributed by atoms with Crippen LogP contribution in [0.5, 0.6) is 0 Å². The first-order chi connectivity index (χ1) is 11.9. The van der Waals surface area contributed by atoms with Gasteiger partial charge in [0, 0.05) is 11.2 Å². The monoisotopic (exact) mass is 422 g/mol. The van der Waals surface area contributed by atoms with E-state index in [2.05, 4.69) is 36.4 Å². The number of aromatic nitrogens is 5. The van der Waals surface area contributed by atoms with E-state index in [1.165, 1.54) is 0 Å². The molecular weight excluding hydrogens is 408 g/mol. The molecule has 1 aromatic carbocycles. The van der Waals surface area contributed by atoms with Gasteiger partial charge in [0.15, 0.2) is 0 Å². The van der Waals surface area contributed by atoms with Gasteiger partial charge in [-0.25, -0.2) is 9.67 Å². The summed E-state index contributed by atoms with van der Waals surface area (Å²) in [5.41, 5.74) is 1.82. The second kappa shape index (κ2) is 7.37. The minimum Gasteiger partial charge on any atom is -0.291 e. The lowest BCUT2D eigenvalue weighted by Gasteiger charge is -2.10. The summed E-state index contributed by atoms with van der Waals surface area (Å²) in [5.74, 6) is 0.0114. The van der Waals surface area contributed by atoms with E-state index in [4.69, 9.17) is 11.6 Å². The van der Waals surface area contributed by atoms with Crippen molar-refractivity contribution < 1.29 is 4.79 Å². The number of amides is 1. The van der Waals surface area contributed by atoms with Crippen molar-refractivity contribution in [3.63, 3.8) is 0 Å². The van der Waals surface area contributed by atoms with Gasteiger partial charge in [-0.05, 0) is 47.5 Å². The molecule has 1 amide bonds. The van der Waals surface area contributed by atoms with E-state index in [0.717, 1.165) is 15.7 Å². The standard InChI is InChI=1S/C16H16BrClN6O/c1-10-14(17)8-24(21-10)11(2)15(25)20-16-19-9-23(22-16)7-12-4-3-5-13(18)6-12/h3-6,8-9,11H,7H2,1-2H3,(H,20,22,25). The smallest absolute Gasteiger partial charge is 0.251 e. The summed E-state index contributed by atoms with van der Waals surface area (Å²) in [6.45, 7) is 4.14. The lowest BCUT2D eigenvalue weighted by atomic mass is 10.2. The molecule has 9 heteroatoms. The van der Waals surface area contributed by atoms with E-state index in [9.17, 15) is 4.79 Å². The predicted molar refractivity (Wildman–Crippen MR) is 98.6 cm³/mol. The van der Waals surface area contributed by atoms with Crippen molar-refractivity contribution in [2.75, 3.05) is 5.32 Å². The van der Waals surface area contributed by atoms with Crippen molar-refractivity contribution in [2.45, 2.75) is 26.4 Å². The first-order valence-corrected chi connectivity index (χ1v) is 8.75. The number of rotatable bonds is 5. The number of hydrogen-bond acceptors (Lipinski definition) is 4. The molecule has 0 aliphatic rings. The molecule has 0 radical (unpaired) electrons. The molecule has 0 aliphatic carbocycles. The van der Waals surface area contributed by atoms with E-state index in [0.29, 0.717) is 11.6 Å². The Kier molecular flexibility index (Phi) is 5.19. The molecule has 1 unspecified atom stereocenters. The molecule has 0 saturated carbocycles. The molecule has 3 aromatic rings. The van der Waals surface area contributed by atoms with Crippen molar-refractivity contribution in [1.29, 1.82) is 0 Å². The number of aryl methyl sites for hydroxylation is 1. The van der Waals surface area contributed by atoms with Crippen LogP contribution in [-0.4, -0.2) is 30.5 Å². The molecule has 0 bridgehead atoms. The maximum Gasteiger partial charge on any atom is 0.251 e. The molecule has 2 heterocycles. The molecule has 7 nitrogen and oxygen atoms in total. The van der Waals surface area contributed by atoms with Crippen LogP contribution < -0.4 is 5.32 Å². The van der Waals surface area contributed by atoms with E-state index in [1.807, 2.05) is 31.2 Å². The number of anilines is 1. The van der Waals surface area contributed by atoms with Crippen LogP contribution >= 0.6 is 27.5 Å². The minimum absolute atomic E-state index is 0.240. The van der Waals surface area contributed by atoms with Crippen LogP contribution in [0.4, 0.5) is 5.95 Å². The summed E-state index contributed by atoms with van der Waals surface area (Å²) in [6.07, 6.45) is 3.33. The van der Waals surface area contributed by atoms with Crippen molar-refractivity contribution >= 4 is 39.4 Å². The lowest BCUT2D eigenvalue weighted by molar-refractivity contribution is -0.119. The van der Waals surface area contributed by atoms with Gasteiger partial charge in [-0.1, -0.05) is 23.7 Å². The average Bonchev–Trinajstić information content (AvgIpc) is 3.13. The fraction of sp³-hybridized carbons (Fsp3) is 0.250. The van der Waals surface area contributed by atoms with Gasteiger partial charge in [0.05, 0.1) is 16.7 Å². The van der Waals surface area contributed by atoms with Gasteiger partial charge in [0.1, 0.15) is 12.4 Å². The number of nitrogens with one attached hydrogen (secondary N) is 1. The first-order valence-electron chi connectivity index (χ1n) is 7.58. The Hall–Kier alpha value is -2.19. The van der Waals surface area contributed by atoms with Gasteiger partial charge in [0.2, 0.25) is 5.95 Å². The highest BCUT2D eigenvalue weighted by molar-refractivity contribution is 9.10. The number of hydrogen-bond donors (Lipinski definition) is 1. The van der Waals surface area contributed by atoms with Crippen LogP contribution in [0.2, 0.25) is 5.02 Å². The van der Waals surface area contributed by atoms with Gasteiger partial charge in [-0.2, -0.15) is 5.10 Å².